The van der Waals surface area contributed by atoms with E-state index < -0.39 is 52.2 Å². The number of amides is 2. The van der Waals surface area contributed by atoms with Gasteiger partial charge >= 0.3 is 5.56 Å². The average molecular weight is 567 g/mol. The smallest absolute Gasteiger partial charge is 0.307 e. The number of benzene rings is 2. The summed E-state index contributed by atoms with van der Waals surface area (Å²) in [6.07, 6.45) is 1.16. The van der Waals surface area contributed by atoms with Gasteiger partial charge in [-0.25, -0.2) is 13.9 Å². The second-order valence-electron chi connectivity index (χ2n) is 11.5. The number of aryl methyl sites for hydroxylation is 2. The van der Waals surface area contributed by atoms with E-state index in [-0.39, 0.29) is 29.0 Å². The molecule has 0 bridgehead atoms. The molecule has 3 N–H and O–H groups in total. The van der Waals surface area contributed by atoms with Crippen LogP contribution in [0.15, 0.2) is 41.2 Å². The van der Waals surface area contributed by atoms with Crippen molar-refractivity contribution in [1.82, 2.24) is 20.4 Å². The molecule has 1 aromatic heterocycles. The van der Waals surface area contributed by atoms with Crippen molar-refractivity contribution in [3.63, 3.8) is 0 Å². The quantitative estimate of drug-likeness (QED) is 0.416. The molecular formula is C30H32F2N4O5. The van der Waals surface area contributed by atoms with Crippen LogP contribution in [0.25, 0.3) is 0 Å². The Balaban J connectivity index is 1.44. The molecule has 2 aromatic carbocycles. The Morgan fingerprint density at radius 1 is 1.17 bits per heavy atom. The molecule has 9 nitrogen and oxygen atoms in total. The Morgan fingerprint density at radius 2 is 1.90 bits per heavy atom. The summed E-state index contributed by atoms with van der Waals surface area (Å²) in [4.78, 5) is 40.8. The number of carbonyl (C=O) groups is 2. The van der Waals surface area contributed by atoms with Crippen molar-refractivity contribution >= 4 is 11.8 Å². The summed E-state index contributed by atoms with van der Waals surface area (Å²) in [5.41, 5.74) is -1.05. The molecule has 0 unspecified atom stereocenters. The highest BCUT2D eigenvalue weighted by molar-refractivity contribution is 5.99. The van der Waals surface area contributed by atoms with Crippen LogP contribution in [-0.2, 0) is 10.3 Å². The predicted molar refractivity (Wildman–Crippen MR) is 146 cm³/mol. The molecule has 0 radical (unpaired) electrons. The zero-order valence-electron chi connectivity index (χ0n) is 23.5. The van der Waals surface area contributed by atoms with Gasteiger partial charge in [0, 0.05) is 18.1 Å². The standard InChI is InChI=1S/C30H32F2N4O5/c1-15-11-18(13-21(32)25(15)41-23-12-16(2)34-35-27(23)38)26(37)33-22-14-30(19-7-6-8-20(31)17(19)3)10-9-24(29(4,5)40)36(30)28(22)39/h6-8,11-13,22,24,40H,9-10,14H2,1-5H3,(H,33,37)(H,35,38)/t22-,24+,30+/m0/s1. The van der Waals surface area contributed by atoms with Gasteiger partial charge in [0.15, 0.2) is 17.3 Å². The van der Waals surface area contributed by atoms with E-state index >= 15 is 4.39 Å². The molecule has 2 fully saturated rings. The van der Waals surface area contributed by atoms with Crippen molar-refractivity contribution in [2.45, 2.75) is 77.1 Å². The summed E-state index contributed by atoms with van der Waals surface area (Å²) in [7, 11) is 0. The number of aliphatic hydroxyl groups is 1. The third kappa shape index (κ3) is 4.88. The van der Waals surface area contributed by atoms with Gasteiger partial charge in [-0.15, -0.1) is 0 Å². The predicted octanol–water partition coefficient (Wildman–Crippen LogP) is 3.93. The molecule has 0 aliphatic carbocycles. The summed E-state index contributed by atoms with van der Waals surface area (Å²) >= 11 is 0. The van der Waals surface area contributed by atoms with E-state index in [1.165, 1.54) is 25.1 Å². The molecule has 0 spiro atoms. The largest absolute Gasteiger partial charge is 0.448 e. The SMILES string of the molecule is Cc1cc(Oc2c(C)cc(C(=O)N[C@H]3C[C@@]4(c5cccc(F)c5C)CC[C@H](C(C)(C)O)N4C3=O)cc2F)c(=O)[nH]n1. The maximum absolute atomic E-state index is 15.1. The number of hydrogen-bond donors (Lipinski definition) is 3. The summed E-state index contributed by atoms with van der Waals surface area (Å²) < 4.78 is 35.3. The second kappa shape index (κ2) is 10.1. The monoisotopic (exact) mass is 566 g/mol. The van der Waals surface area contributed by atoms with Crippen molar-refractivity contribution in [2.24, 2.45) is 0 Å². The summed E-state index contributed by atoms with van der Waals surface area (Å²) in [5, 5.41) is 19.7. The van der Waals surface area contributed by atoms with Crippen molar-refractivity contribution < 1.29 is 28.2 Å². The minimum absolute atomic E-state index is 0.0398. The number of ether oxygens (including phenoxy) is 1. The fraction of sp³-hybridized carbons (Fsp3) is 0.400. The highest BCUT2D eigenvalue weighted by Crippen LogP contribution is 2.53. The average Bonchev–Trinajstić information content (AvgIpc) is 3.40. The zero-order chi connectivity index (χ0) is 29.9. The molecule has 3 atom stereocenters. The van der Waals surface area contributed by atoms with Crippen LogP contribution >= 0.6 is 0 Å². The normalized spacial score (nSPS) is 22.1. The molecule has 2 amide bonds. The Hall–Kier alpha value is -4.12. The zero-order valence-corrected chi connectivity index (χ0v) is 23.5. The van der Waals surface area contributed by atoms with Crippen LogP contribution in [0.4, 0.5) is 8.78 Å². The van der Waals surface area contributed by atoms with E-state index in [0.29, 0.717) is 29.7 Å². The van der Waals surface area contributed by atoms with Gasteiger partial charge < -0.3 is 20.1 Å². The number of nitrogens with zero attached hydrogens (tertiary/aromatic N) is 2. The van der Waals surface area contributed by atoms with E-state index in [4.69, 9.17) is 4.74 Å². The van der Waals surface area contributed by atoms with E-state index in [9.17, 15) is 23.9 Å². The van der Waals surface area contributed by atoms with Crippen molar-refractivity contribution in [2.75, 3.05) is 0 Å². The molecular weight excluding hydrogens is 534 g/mol. The minimum Gasteiger partial charge on any atom is -0.448 e. The fourth-order valence-electron chi connectivity index (χ4n) is 6.25. The summed E-state index contributed by atoms with van der Waals surface area (Å²) in [6, 6.07) is 6.96. The van der Waals surface area contributed by atoms with Crippen LogP contribution in [0.1, 0.15) is 65.9 Å². The molecule has 2 aliphatic heterocycles. The van der Waals surface area contributed by atoms with Crippen molar-refractivity contribution in [3.05, 3.63) is 86.3 Å². The van der Waals surface area contributed by atoms with Gasteiger partial charge in [0.2, 0.25) is 5.91 Å². The summed E-state index contributed by atoms with van der Waals surface area (Å²) in [5.74, 6) is -2.70. The van der Waals surface area contributed by atoms with E-state index in [1.807, 2.05) is 0 Å². The lowest BCUT2D eigenvalue weighted by Crippen LogP contribution is -2.53. The molecule has 41 heavy (non-hydrogen) atoms. The Morgan fingerprint density at radius 3 is 2.59 bits per heavy atom. The third-order valence-electron chi connectivity index (χ3n) is 8.17. The van der Waals surface area contributed by atoms with Crippen molar-refractivity contribution in [1.29, 1.82) is 0 Å². The number of aromatic amines is 1. The van der Waals surface area contributed by atoms with Gasteiger partial charge in [0.05, 0.1) is 22.9 Å². The highest BCUT2D eigenvalue weighted by Gasteiger charge is 2.61. The maximum atomic E-state index is 15.1. The van der Waals surface area contributed by atoms with Crippen LogP contribution in [-0.4, -0.2) is 49.7 Å². The molecule has 5 rings (SSSR count). The Labute approximate surface area is 235 Å². The lowest BCUT2D eigenvalue weighted by Gasteiger charge is -2.40. The number of carbonyl (C=O) groups excluding carboxylic acids is 2. The van der Waals surface area contributed by atoms with Gasteiger partial charge in [-0.05, 0) is 82.3 Å². The molecule has 3 aromatic rings. The highest BCUT2D eigenvalue weighted by atomic mass is 19.1. The Bertz CT molecular complexity index is 1590. The number of nitrogens with one attached hydrogen (secondary N) is 2. The van der Waals surface area contributed by atoms with Crippen LogP contribution in [0.3, 0.4) is 0 Å². The number of hydrogen-bond acceptors (Lipinski definition) is 6. The molecule has 0 saturated carbocycles. The number of fused-ring (bicyclic) bond motifs is 1. The first-order chi connectivity index (χ1) is 19.2. The lowest BCUT2D eigenvalue weighted by atomic mass is 9.82. The molecule has 3 heterocycles. The fourth-order valence-corrected chi connectivity index (χ4v) is 6.25. The van der Waals surface area contributed by atoms with Crippen LogP contribution < -0.4 is 15.6 Å². The topological polar surface area (TPSA) is 125 Å². The number of aromatic nitrogens is 2. The minimum atomic E-state index is -1.23. The van der Waals surface area contributed by atoms with Crippen LogP contribution in [0.5, 0.6) is 11.5 Å². The molecule has 2 aliphatic rings. The Kier molecular flexibility index (Phi) is 6.97. The molecule has 11 heteroatoms. The van der Waals surface area contributed by atoms with Crippen LogP contribution in [0, 0.1) is 32.4 Å². The van der Waals surface area contributed by atoms with Gasteiger partial charge in [-0.2, -0.15) is 5.10 Å². The molecule has 216 valence electrons. The van der Waals surface area contributed by atoms with Crippen molar-refractivity contribution in [3.8, 4) is 11.5 Å². The van der Waals surface area contributed by atoms with E-state index in [1.54, 1.807) is 44.7 Å². The first-order valence-electron chi connectivity index (χ1n) is 13.4. The van der Waals surface area contributed by atoms with E-state index in [0.717, 1.165) is 6.07 Å². The number of halogens is 2. The second-order valence-corrected chi connectivity index (χ2v) is 11.5. The summed E-state index contributed by atoms with van der Waals surface area (Å²) in [6.45, 7) is 8.08. The van der Waals surface area contributed by atoms with Gasteiger partial charge in [0.25, 0.3) is 5.91 Å². The van der Waals surface area contributed by atoms with Gasteiger partial charge in [-0.1, -0.05) is 12.1 Å². The maximum Gasteiger partial charge on any atom is 0.307 e. The lowest BCUT2D eigenvalue weighted by molar-refractivity contribution is -0.138. The first kappa shape index (κ1) is 28.4. The number of H-pyrrole nitrogens is 1. The van der Waals surface area contributed by atoms with Gasteiger partial charge in [0.1, 0.15) is 11.9 Å². The third-order valence-corrected chi connectivity index (χ3v) is 8.17. The van der Waals surface area contributed by atoms with Crippen LogP contribution in [0.2, 0.25) is 0 Å². The first-order valence-corrected chi connectivity index (χ1v) is 13.4. The molecule has 2 saturated heterocycles. The van der Waals surface area contributed by atoms with E-state index in [2.05, 4.69) is 15.5 Å². The number of rotatable bonds is 6. The van der Waals surface area contributed by atoms with Gasteiger partial charge in [-0.3, -0.25) is 14.4 Å².